The van der Waals surface area contributed by atoms with Crippen LogP contribution < -0.4 is 0 Å². The molecule has 1 fully saturated rings. The summed E-state index contributed by atoms with van der Waals surface area (Å²) in [5, 5.41) is 10.7. The molecule has 210 valence electrons. The Hall–Kier alpha value is -3.69. The van der Waals surface area contributed by atoms with Crippen molar-refractivity contribution in [1.29, 1.82) is 0 Å². The number of carbonyl (C=O) groups excluding carboxylic acids is 1. The van der Waals surface area contributed by atoms with Gasteiger partial charge in [0.25, 0.3) is 0 Å². The van der Waals surface area contributed by atoms with Crippen LogP contribution >= 0.6 is 0 Å². The highest BCUT2D eigenvalue weighted by molar-refractivity contribution is 5.83. The van der Waals surface area contributed by atoms with Crippen LogP contribution in [0.1, 0.15) is 29.7 Å². The Morgan fingerprint density at radius 2 is 1.90 bits per heavy atom. The van der Waals surface area contributed by atoms with E-state index in [0.717, 1.165) is 23.9 Å². The highest BCUT2D eigenvalue weighted by atomic mass is 19.1. The minimum absolute atomic E-state index is 0.0372. The number of alkyl halides is 1. The molecule has 1 aromatic heterocycles. The van der Waals surface area contributed by atoms with Gasteiger partial charge in [-0.25, -0.2) is 18.0 Å². The van der Waals surface area contributed by atoms with E-state index in [2.05, 4.69) is 4.98 Å². The van der Waals surface area contributed by atoms with Crippen LogP contribution in [0.4, 0.5) is 18.0 Å². The van der Waals surface area contributed by atoms with Crippen LogP contribution in [-0.4, -0.2) is 76.3 Å². The minimum atomic E-state index is -1.30. The smallest absolute Gasteiger partial charge is 0.321 e. The Bertz CT molecular complexity index is 1360. The molecule has 0 bridgehead atoms. The molecule has 3 aromatic rings. The largest absolute Gasteiger partial charge is 0.393 e. The van der Waals surface area contributed by atoms with Crippen molar-refractivity contribution in [2.75, 3.05) is 33.3 Å². The maximum Gasteiger partial charge on any atom is 0.321 e. The normalized spacial score (nSPS) is 23.5. The summed E-state index contributed by atoms with van der Waals surface area (Å²) in [4.78, 5) is 23.5. The Morgan fingerprint density at radius 1 is 1.12 bits per heavy atom. The number of carbonyl (C=O) groups is 1. The van der Waals surface area contributed by atoms with Crippen LogP contribution in [-0.2, 0) is 12.1 Å². The van der Waals surface area contributed by atoms with Crippen molar-refractivity contribution in [2.45, 2.75) is 37.1 Å². The average Bonchev–Trinajstić information content (AvgIpc) is 3.27. The van der Waals surface area contributed by atoms with Gasteiger partial charge in [0.15, 0.2) is 0 Å². The number of aliphatic hydroxyl groups is 1. The predicted octanol–water partition coefficient (Wildman–Crippen LogP) is 5.00. The highest BCUT2D eigenvalue weighted by Crippen LogP contribution is 2.41. The van der Waals surface area contributed by atoms with E-state index >= 15 is 4.39 Å². The van der Waals surface area contributed by atoms with E-state index in [9.17, 15) is 18.7 Å². The molecule has 3 heterocycles. The Morgan fingerprint density at radius 3 is 2.62 bits per heavy atom. The van der Waals surface area contributed by atoms with E-state index in [-0.39, 0.29) is 25.1 Å². The monoisotopic (exact) mass is 550 g/mol. The average molecular weight is 551 g/mol. The molecular weight excluding hydrogens is 517 g/mol. The van der Waals surface area contributed by atoms with Crippen molar-refractivity contribution in [2.24, 2.45) is 0 Å². The molecule has 9 heteroatoms. The summed E-state index contributed by atoms with van der Waals surface area (Å²) in [6, 6.07) is 17.0. The number of rotatable bonds is 6. The molecule has 1 N–H and O–H groups in total. The van der Waals surface area contributed by atoms with Gasteiger partial charge >= 0.3 is 6.03 Å². The summed E-state index contributed by atoms with van der Waals surface area (Å²) in [6.07, 6.45) is 2.94. The molecule has 2 amide bonds. The van der Waals surface area contributed by atoms with E-state index in [1.54, 1.807) is 43.6 Å². The molecule has 0 saturated carbocycles. The fourth-order valence-corrected chi connectivity index (χ4v) is 5.81. The van der Waals surface area contributed by atoms with E-state index in [4.69, 9.17) is 0 Å². The van der Waals surface area contributed by atoms with Crippen LogP contribution in [0.25, 0.3) is 5.57 Å². The van der Waals surface area contributed by atoms with E-state index in [0.29, 0.717) is 30.6 Å². The lowest BCUT2D eigenvalue weighted by molar-refractivity contribution is 0.0758. The first kappa shape index (κ1) is 27.9. The van der Waals surface area contributed by atoms with Gasteiger partial charge in [-0.3, -0.25) is 9.88 Å². The minimum Gasteiger partial charge on any atom is -0.393 e. The van der Waals surface area contributed by atoms with Crippen LogP contribution in [0.15, 0.2) is 79.0 Å². The van der Waals surface area contributed by atoms with Crippen molar-refractivity contribution in [3.05, 3.63) is 107 Å². The van der Waals surface area contributed by atoms with Gasteiger partial charge in [-0.05, 0) is 54.0 Å². The predicted molar refractivity (Wildman–Crippen MR) is 147 cm³/mol. The van der Waals surface area contributed by atoms with Crippen LogP contribution in [0.5, 0.6) is 0 Å². The molecule has 3 atom stereocenters. The lowest BCUT2D eigenvalue weighted by Crippen LogP contribution is -2.54. The van der Waals surface area contributed by atoms with Gasteiger partial charge in [-0.2, -0.15) is 0 Å². The zero-order valence-corrected chi connectivity index (χ0v) is 22.4. The zero-order chi connectivity index (χ0) is 28.3. The van der Waals surface area contributed by atoms with Crippen LogP contribution in [0, 0.1) is 11.6 Å². The first-order chi connectivity index (χ1) is 19.3. The number of nitrogens with zero attached hydrogens (tertiary/aromatic N) is 4. The van der Waals surface area contributed by atoms with Crippen molar-refractivity contribution in [1.82, 2.24) is 19.7 Å². The second kappa shape index (κ2) is 11.8. The Kier molecular flexibility index (Phi) is 8.23. The number of pyridine rings is 1. The van der Waals surface area contributed by atoms with Crippen molar-refractivity contribution in [3.8, 4) is 0 Å². The Balaban J connectivity index is 1.41. The quantitative estimate of drug-likeness (QED) is 0.469. The first-order valence-electron chi connectivity index (χ1n) is 13.4. The third kappa shape index (κ3) is 5.62. The summed E-state index contributed by atoms with van der Waals surface area (Å²) in [7, 11) is 1.64. The number of amides is 2. The van der Waals surface area contributed by atoms with Crippen LogP contribution in [0.3, 0.4) is 0 Å². The first-order valence-corrected chi connectivity index (χ1v) is 13.4. The fourth-order valence-electron chi connectivity index (χ4n) is 5.81. The topological polar surface area (TPSA) is 59.9 Å². The van der Waals surface area contributed by atoms with Gasteiger partial charge in [0.1, 0.15) is 23.3 Å². The van der Waals surface area contributed by atoms with Crippen molar-refractivity contribution in [3.63, 3.8) is 0 Å². The molecule has 2 aromatic carbocycles. The number of likely N-dealkylation sites (tertiary alicyclic amines) is 1. The highest BCUT2D eigenvalue weighted by Gasteiger charge is 2.46. The van der Waals surface area contributed by atoms with Gasteiger partial charge in [-0.1, -0.05) is 36.4 Å². The molecule has 5 rings (SSSR count). The third-order valence-corrected chi connectivity index (χ3v) is 7.97. The van der Waals surface area contributed by atoms with Gasteiger partial charge in [0.05, 0.1) is 12.3 Å². The van der Waals surface area contributed by atoms with E-state index in [1.165, 1.54) is 9.80 Å². The zero-order valence-electron chi connectivity index (χ0n) is 22.4. The molecule has 2 aliphatic heterocycles. The standard InChI is InChI=1S/C31H33F3N4O2/c1-36(27-12-14-37(19-25(33)15-27)20-26-9-5-6-13-35-26)30(40)38-18-22(28-16-24(32)10-11-29(28)34)17-31(38,21-39)23-7-3-2-4-8-23/h2-11,13,16-17,25,27,39H,12,14-15,18-21H2,1H3/t25?,27?,31-/m1/s1. The molecule has 1 saturated heterocycles. The van der Waals surface area contributed by atoms with Crippen LogP contribution in [0.2, 0.25) is 0 Å². The number of aromatic nitrogens is 1. The summed E-state index contributed by atoms with van der Waals surface area (Å²) in [5.74, 6) is -1.22. The molecular formula is C31H33F3N4O2. The molecule has 6 nitrogen and oxygen atoms in total. The molecule has 0 spiro atoms. The summed E-state index contributed by atoms with van der Waals surface area (Å²) >= 11 is 0. The Labute approximate surface area is 232 Å². The lowest BCUT2D eigenvalue weighted by Gasteiger charge is -2.41. The van der Waals surface area contributed by atoms with Gasteiger partial charge < -0.3 is 14.9 Å². The molecule has 2 unspecified atom stereocenters. The number of urea groups is 1. The number of halogens is 3. The molecule has 0 radical (unpaired) electrons. The number of aliphatic hydroxyl groups excluding tert-OH is 1. The SMILES string of the molecule is CN(C(=O)N1CC(c2cc(F)ccc2F)=C[C@@]1(CO)c1ccccc1)C1CCN(Cc2ccccn2)CC(F)C1. The van der Waals surface area contributed by atoms with Crippen molar-refractivity contribution < 1.29 is 23.1 Å². The van der Waals surface area contributed by atoms with Gasteiger partial charge in [-0.15, -0.1) is 0 Å². The summed E-state index contributed by atoms with van der Waals surface area (Å²) in [5.41, 5.74) is 0.619. The third-order valence-electron chi connectivity index (χ3n) is 7.97. The second-order valence-corrected chi connectivity index (χ2v) is 10.6. The lowest BCUT2D eigenvalue weighted by atomic mass is 9.89. The molecule has 0 aliphatic carbocycles. The fraction of sp³-hybridized carbons (Fsp3) is 0.355. The molecule has 40 heavy (non-hydrogen) atoms. The van der Waals surface area contributed by atoms with E-state index in [1.807, 2.05) is 29.2 Å². The summed E-state index contributed by atoms with van der Waals surface area (Å²) in [6.45, 7) is 0.836. The summed E-state index contributed by atoms with van der Waals surface area (Å²) < 4.78 is 44.1. The maximum absolute atomic E-state index is 15.2. The van der Waals surface area contributed by atoms with E-state index < -0.39 is 42.0 Å². The number of benzene rings is 2. The van der Waals surface area contributed by atoms with Gasteiger partial charge in [0, 0.05) is 57.4 Å². The van der Waals surface area contributed by atoms with Gasteiger partial charge in [0.2, 0.25) is 0 Å². The van der Waals surface area contributed by atoms with Crippen molar-refractivity contribution >= 4 is 11.6 Å². The second-order valence-electron chi connectivity index (χ2n) is 10.6. The number of hydrogen-bond acceptors (Lipinski definition) is 4. The maximum atomic E-state index is 15.2. The number of hydrogen-bond donors (Lipinski definition) is 1. The molecule has 2 aliphatic rings.